The molecule has 2 amide bonds. The van der Waals surface area contributed by atoms with Crippen molar-refractivity contribution in [3.63, 3.8) is 0 Å². The molecule has 112 valence electrons. The second kappa shape index (κ2) is 9.66. The number of thioether (sulfide) groups is 1. The second-order valence-corrected chi connectivity index (χ2v) is 5.19. The molecule has 0 atom stereocenters. The van der Waals surface area contributed by atoms with Crippen molar-refractivity contribution in [3.05, 3.63) is 48.6 Å². The Morgan fingerprint density at radius 2 is 2.19 bits per heavy atom. The predicted octanol–water partition coefficient (Wildman–Crippen LogP) is 2.83. The lowest BCUT2D eigenvalue weighted by Gasteiger charge is -2.07. The highest BCUT2D eigenvalue weighted by atomic mass is 32.2. The first-order valence-electron chi connectivity index (χ1n) is 6.36. The van der Waals surface area contributed by atoms with Crippen molar-refractivity contribution in [1.82, 2.24) is 5.32 Å². The minimum Gasteiger partial charge on any atom is -0.478 e. The van der Waals surface area contributed by atoms with E-state index in [1.807, 2.05) is 6.08 Å². The van der Waals surface area contributed by atoms with Gasteiger partial charge in [-0.15, -0.1) is 6.58 Å². The number of carboxylic acid groups (broad SMARTS) is 1. The summed E-state index contributed by atoms with van der Waals surface area (Å²) in [6.07, 6.45) is 4.34. The van der Waals surface area contributed by atoms with Crippen molar-refractivity contribution in [3.8, 4) is 0 Å². The summed E-state index contributed by atoms with van der Waals surface area (Å²) in [5.74, 6) is 0.672. The van der Waals surface area contributed by atoms with E-state index in [9.17, 15) is 9.59 Å². The van der Waals surface area contributed by atoms with Crippen LogP contribution in [0, 0.1) is 0 Å². The quantitative estimate of drug-likeness (QED) is 0.392. The SMILES string of the molecule is C=CCSCCNC(=O)Nc1cccc(/C=C/C(=O)O)c1. The average molecular weight is 306 g/mol. The van der Waals surface area contributed by atoms with Crippen LogP contribution in [0.2, 0.25) is 0 Å². The van der Waals surface area contributed by atoms with E-state index < -0.39 is 5.97 Å². The number of hydrogen-bond acceptors (Lipinski definition) is 3. The second-order valence-electron chi connectivity index (χ2n) is 4.04. The number of carboxylic acids is 1. The molecule has 6 heteroatoms. The number of carbonyl (C=O) groups is 2. The third kappa shape index (κ3) is 7.84. The zero-order valence-corrected chi connectivity index (χ0v) is 12.4. The zero-order chi connectivity index (χ0) is 15.5. The Kier molecular flexibility index (Phi) is 7.74. The van der Waals surface area contributed by atoms with Crippen LogP contribution in [0.25, 0.3) is 6.08 Å². The third-order valence-electron chi connectivity index (χ3n) is 2.33. The Labute approximate surface area is 128 Å². The molecule has 0 saturated heterocycles. The van der Waals surface area contributed by atoms with Gasteiger partial charge in [-0.1, -0.05) is 18.2 Å². The predicted molar refractivity (Wildman–Crippen MR) is 87.7 cm³/mol. The summed E-state index contributed by atoms with van der Waals surface area (Å²) < 4.78 is 0. The molecule has 1 rings (SSSR count). The van der Waals surface area contributed by atoms with Gasteiger partial charge in [0.05, 0.1) is 0 Å². The minimum atomic E-state index is -1.01. The molecule has 3 N–H and O–H groups in total. The highest BCUT2D eigenvalue weighted by Crippen LogP contribution is 2.11. The lowest BCUT2D eigenvalue weighted by atomic mass is 10.2. The molecule has 1 aromatic carbocycles. The van der Waals surface area contributed by atoms with Gasteiger partial charge < -0.3 is 15.7 Å². The maximum atomic E-state index is 11.7. The van der Waals surface area contributed by atoms with Crippen LogP contribution < -0.4 is 10.6 Å². The van der Waals surface area contributed by atoms with Gasteiger partial charge in [-0.3, -0.25) is 0 Å². The van der Waals surface area contributed by atoms with E-state index in [-0.39, 0.29) is 6.03 Å². The minimum absolute atomic E-state index is 0.284. The molecule has 0 aliphatic heterocycles. The zero-order valence-electron chi connectivity index (χ0n) is 11.5. The first kappa shape index (κ1) is 16.8. The van der Waals surface area contributed by atoms with Crippen molar-refractivity contribution in [2.45, 2.75) is 0 Å². The maximum absolute atomic E-state index is 11.7. The van der Waals surface area contributed by atoms with Gasteiger partial charge in [0.2, 0.25) is 0 Å². The van der Waals surface area contributed by atoms with Crippen LogP contribution in [-0.2, 0) is 4.79 Å². The molecule has 21 heavy (non-hydrogen) atoms. The highest BCUT2D eigenvalue weighted by molar-refractivity contribution is 7.99. The van der Waals surface area contributed by atoms with E-state index in [0.717, 1.165) is 17.6 Å². The van der Waals surface area contributed by atoms with Crippen LogP contribution in [0.3, 0.4) is 0 Å². The summed E-state index contributed by atoms with van der Waals surface area (Å²) in [6, 6.07) is 6.66. The Bertz CT molecular complexity index is 529. The van der Waals surface area contributed by atoms with Crippen molar-refractivity contribution in [1.29, 1.82) is 0 Å². The van der Waals surface area contributed by atoms with Crippen molar-refractivity contribution < 1.29 is 14.7 Å². The molecular weight excluding hydrogens is 288 g/mol. The number of aliphatic carboxylic acids is 1. The number of urea groups is 1. The van der Waals surface area contributed by atoms with Gasteiger partial charge in [0.25, 0.3) is 0 Å². The number of anilines is 1. The standard InChI is InChI=1S/C15H18N2O3S/c1-2-9-21-10-8-16-15(20)17-13-5-3-4-12(11-13)6-7-14(18)19/h2-7,11H,1,8-10H2,(H,18,19)(H2,16,17,20)/b7-6+. The molecule has 0 unspecified atom stereocenters. The van der Waals surface area contributed by atoms with E-state index in [1.54, 1.807) is 36.0 Å². The largest absolute Gasteiger partial charge is 0.478 e. The molecule has 5 nitrogen and oxygen atoms in total. The summed E-state index contributed by atoms with van der Waals surface area (Å²) in [5, 5.41) is 14.0. The molecule has 0 aliphatic rings. The van der Waals surface area contributed by atoms with Gasteiger partial charge in [-0.25, -0.2) is 9.59 Å². The average Bonchev–Trinajstić information content (AvgIpc) is 2.45. The molecular formula is C15H18N2O3S. The summed E-state index contributed by atoms with van der Waals surface area (Å²) in [6.45, 7) is 4.19. The number of nitrogens with one attached hydrogen (secondary N) is 2. The molecule has 0 fully saturated rings. The van der Waals surface area contributed by atoms with Crippen molar-refractivity contribution in [2.75, 3.05) is 23.4 Å². The summed E-state index contributed by atoms with van der Waals surface area (Å²) in [7, 11) is 0. The first-order valence-corrected chi connectivity index (χ1v) is 7.52. The topological polar surface area (TPSA) is 78.4 Å². The fourth-order valence-electron chi connectivity index (χ4n) is 1.47. The van der Waals surface area contributed by atoms with Crippen LogP contribution in [0.15, 0.2) is 43.0 Å². The maximum Gasteiger partial charge on any atom is 0.328 e. The number of hydrogen-bond donors (Lipinski definition) is 3. The summed E-state index contributed by atoms with van der Waals surface area (Å²) in [5.41, 5.74) is 1.32. The normalized spacial score (nSPS) is 10.3. The number of rotatable bonds is 8. The van der Waals surface area contributed by atoms with Gasteiger partial charge >= 0.3 is 12.0 Å². The molecule has 1 aromatic rings. The smallest absolute Gasteiger partial charge is 0.328 e. The van der Waals surface area contributed by atoms with E-state index in [4.69, 9.17) is 5.11 Å². The van der Waals surface area contributed by atoms with E-state index in [1.165, 1.54) is 6.08 Å². The fraction of sp³-hybridized carbons (Fsp3) is 0.200. The number of carbonyl (C=O) groups excluding carboxylic acids is 1. The van der Waals surface area contributed by atoms with Gasteiger partial charge in [-0.05, 0) is 23.8 Å². The molecule has 0 saturated carbocycles. The fourth-order valence-corrected chi connectivity index (χ4v) is 2.05. The third-order valence-corrected chi connectivity index (χ3v) is 3.29. The molecule has 0 radical (unpaired) electrons. The molecule has 0 spiro atoms. The van der Waals surface area contributed by atoms with Gasteiger partial charge in [0, 0.05) is 29.8 Å². The monoisotopic (exact) mass is 306 g/mol. The highest BCUT2D eigenvalue weighted by Gasteiger charge is 2.01. The van der Waals surface area contributed by atoms with Crippen LogP contribution in [0.1, 0.15) is 5.56 Å². The number of amides is 2. The van der Waals surface area contributed by atoms with Gasteiger partial charge in [0.15, 0.2) is 0 Å². The Morgan fingerprint density at radius 1 is 1.38 bits per heavy atom. The van der Waals surface area contributed by atoms with Crippen molar-refractivity contribution in [2.24, 2.45) is 0 Å². The summed E-state index contributed by atoms with van der Waals surface area (Å²) in [4.78, 5) is 22.1. The Morgan fingerprint density at radius 3 is 2.90 bits per heavy atom. The number of benzene rings is 1. The lowest BCUT2D eigenvalue weighted by Crippen LogP contribution is -2.30. The van der Waals surface area contributed by atoms with E-state index >= 15 is 0 Å². The Balaban J connectivity index is 2.43. The van der Waals surface area contributed by atoms with Gasteiger partial charge in [0.1, 0.15) is 0 Å². The molecule has 0 aliphatic carbocycles. The van der Waals surface area contributed by atoms with Crippen LogP contribution in [0.5, 0.6) is 0 Å². The van der Waals surface area contributed by atoms with Gasteiger partial charge in [-0.2, -0.15) is 11.8 Å². The molecule has 0 bridgehead atoms. The summed E-state index contributed by atoms with van der Waals surface area (Å²) >= 11 is 1.69. The van der Waals surface area contributed by atoms with E-state index in [0.29, 0.717) is 17.8 Å². The first-order chi connectivity index (χ1) is 10.1. The van der Waals surface area contributed by atoms with Crippen LogP contribution in [-0.4, -0.2) is 35.2 Å². The van der Waals surface area contributed by atoms with E-state index in [2.05, 4.69) is 17.2 Å². The van der Waals surface area contributed by atoms with Crippen molar-refractivity contribution >= 4 is 35.5 Å². The lowest BCUT2D eigenvalue weighted by molar-refractivity contribution is -0.131. The van der Waals surface area contributed by atoms with Crippen LogP contribution in [0.4, 0.5) is 10.5 Å². The molecule has 0 aromatic heterocycles. The Hall–Kier alpha value is -2.21. The van der Waals surface area contributed by atoms with Crippen LogP contribution >= 0.6 is 11.8 Å². The molecule has 0 heterocycles.